The van der Waals surface area contributed by atoms with Gasteiger partial charge in [0.1, 0.15) is 6.04 Å². The second kappa shape index (κ2) is 5.35. The Morgan fingerprint density at radius 2 is 2.06 bits per heavy atom. The molecule has 94 valence electrons. The number of aryl methyl sites for hydroxylation is 1. The second-order valence-electron chi connectivity index (χ2n) is 4.10. The van der Waals surface area contributed by atoms with Crippen molar-refractivity contribution in [3.63, 3.8) is 0 Å². The van der Waals surface area contributed by atoms with E-state index in [-0.39, 0.29) is 11.7 Å². The van der Waals surface area contributed by atoms with Crippen molar-refractivity contribution in [3.8, 4) is 0 Å². The number of carbonyl (C=O) groups excluding carboxylic acids is 1. The number of amides is 1. The van der Waals surface area contributed by atoms with Gasteiger partial charge in [-0.2, -0.15) is 0 Å². The standard InChI is InChI=1S/C11H14BrNO4/c1-5(2)8(11(15)16)13-10(14)9-6(3)4-7(12)17-9/h4-5,8H,1-3H3,(H,13,14)(H,15,16). The average molecular weight is 304 g/mol. The fraction of sp³-hybridized carbons (Fsp3) is 0.455. The zero-order valence-corrected chi connectivity index (χ0v) is 11.4. The fourth-order valence-corrected chi connectivity index (χ4v) is 1.89. The molecule has 1 aromatic heterocycles. The third-order valence-electron chi connectivity index (χ3n) is 2.31. The first-order valence-electron chi connectivity index (χ1n) is 5.12. The lowest BCUT2D eigenvalue weighted by Crippen LogP contribution is -2.44. The Labute approximate surface area is 107 Å². The Balaban J connectivity index is 2.85. The van der Waals surface area contributed by atoms with E-state index in [0.29, 0.717) is 10.2 Å². The van der Waals surface area contributed by atoms with Gasteiger partial charge >= 0.3 is 5.97 Å². The number of carboxylic acids is 1. The van der Waals surface area contributed by atoms with Crippen LogP contribution in [-0.2, 0) is 4.79 Å². The van der Waals surface area contributed by atoms with E-state index in [1.165, 1.54) is 0 Å². The van der Waals surface area contributed by atoms with Crippen molar-refractivity contribution < 1.29 is 19.1 Å². The molecular formula is C11H14BrNO4. The van der Waals surface area contributed by atoms with Crippen LogP contribution < -0.4 is 5.32 Å². The molecule has 0 aliphatic carbocycles. The number of hydrogen-bond acceptors (Lipinski definition) is 3. The lowest BCUT2D eigenvalue weighted by atomic mass is 10.0. The van der Waals surface area contributed by atoms with Crippen LogP contribution in [0.15, 0.2) is 15.2 Å². The third-order valence-corrected chi connectivity index (χ3v) is 2.70. The van der Waals surface area contributed by atoms with Crippen molar-refractivity contribution in [3.05, 3.63) is 22.1 Å². The minimum atomic E-state index is -1.06. The SMILES string of the molecule is Cc1cc(Br)oc1C(=O)NC(C(=O)O)C(C)C. The molecule has 0 aliphatic rings. The molecule has 0 saturated heterocycles. The summed E-state index contributed by atoms with van der Waals surface area (Å²) in [5.41, 5.74) is 0.655. The molecule has 1 unspecified atom stereocenters. The van der Waals surface area contributed by atoms with Gasteiger partial charge in [-0.3, -0.25) is 4.79 Å². The van der Waals surface area contributed by atoms with Crippen molar-refractivity contribution in [1.82, 2.24) is 5.32 Å². The summed E-state index contributed by atoms with van der Waals surface area (Å²) in [5, 5.41) is 11.4. The number of halogens is 1. The number of aliphatic carboxylic acids is 1. The molecule has 0 bridgehead atoms. The third kappa shape index (κ3) is 3.33. The topological polar surface area (TPSA) is 79.5 Å². The zero-order valence-electron chi connectivity index (χ0n) is 9.78. The summed E-state index contributed by atoms with van der Waals surface area (Å²) in [6, 6.07) is 0.728. The Morgan fingerprint density at radius 1 is 1.47 bits per heavy atom. The van der Waals surface area contributed by atoms with Crippen LogP contribution in [-0.4, -0.2) is 23.0 Å². The van der Waals surface area contributed by atoms with E-state index in [4.69, 9.17) is 9.52 Å². The Bertz CT molecular complexity index is 439. The fourth-order valence-electron chi connectivity index (χ4n) is 1.39. The van der Waals surface area contributed by atoms with E-state index in [9.17, 15) is 9.59 Å². The maximum absolute atomic E-state index is 11.8. The van der Waals surface area contributed by atoms with Crippen LogP contribution in [0.5, 0.6) is 0 Å². The van der Waals surface area contributed by atoms with E-state index >= 15 is 0 Å². The zero-order chi connectivity index (χ0) is 13.2. The first kappa shape index (κ1) is 13.8. The summed E-state index contributed by atoms with van der Waals surface area (Å²) in [6.07, 6.45) is 0. The maximum Gasteiger partial charge on any atom is 0.326 e. The molecule has 6 heteroatoms. The van der Waals surface area contributed by atoms with Crippen molar-refractivity contribution in [2.75, 3.05) is 0 Å². The summed E-state index contributed by atoms with van der Waals surface area (Å²) in [5.74, 6) is -1.65. The molecule has 1 amide bonds. The van der Waals surface area contributed by atoms with Crippen LogP contribution in [0, 0.1) is 12.8 Å². The molecule has 1 heterocycles. The van der Waals surface area contributed by atoms with Gasteiger partial charge in [0.25, 0.3) is 5.91 Å². The van der Waals surface area contributed by atoms with Gasteiger partial charge in [0.05, 0.1) is 0 Å². The second-order valence-corrected chi connectivity index (χ2v) is 4.88. The van der Waals surface area contributed by atoms with Crippen LogP contribution in [0.4, 0.5) is 0 Å². The van der Waals surface area contributed by atoms with E-state index < -0.39 is 17.9 Å². The molecule has 0 fully saturated rings. The smallest absolute Gasteiger partial charge is 0.326 e. The Morgan fingerprint density at radius 3 is 2.41 bits per heavy atom. The summed E-state index contributed by atoms with van der Waals surface area (Å²) in [7, 11) is 0. The molecule has 0 aromatic carbocycles. The number of carboxylic acid groups (broad SMARTS) is 1. The lowest BCUT2D eigenvalue weighted by Gasteiger charge is -2.17. The van der Waals surface area contributed by atoms with Gasteiger partial charge in [0.15, 0.2) is 10.4 Å². The number of hydrogen-bond donors (Lipinski definition) is 2. The van der Waals surface area contributed by atoms with E-state index in [0.717, 1.165) is 0 Å². The van der Waals surface area contributed by atoms with Crippen LogP contribution in [0.1, 0.15) is 30.0 Å². The quantitative estimate of drug-likeness (QED) is 0.893. The normalized spacial score (nSPS) is 12.5. The predicted molar refractivity (Wildman–Crippen MR) is 64.9 cm³/mol. The van der Waals surface area contributed by atoms with Crippen molar-refractivity contribution in [2.45, 2.75) is 26.8 Å². The van der Waals surface area contributed by atoms with Crippen molar-refractivity contribution >= 4 is 27.8 Å². The van der Waals surface area contributed by atoms with Gasteiger partial charge in [-0.05, 0) is 34.8 Å². The lowest BCUT2D eigenvalue weighted by molar-refractivity contribution is -0.140. The van der Waals surface area contributed by atoms with Gasteiger partial charge < -0.3 is 14.8 Å². The molecule has 0 radical (unpaired) electrons. The summed E-state index contributed by atoms with van der Waals surface area (Å²) >= 11 is 3.11. The highest BCUT2D eigenvalue weighted by molar-refractivity contribution is 9.10. The largest absolute Gasteiger partial charge is 0.480 e. The highest BCUT2D eigenvalue weighted by Gasteiger charge is 2.26. The average Bonchev–Trinajstić information content (AvgIpc) is 2.53. The molecule has 1 rings (SSSR count). The van der Waals surface area contributed by atoms with Crippen molar-refractivity contribution in [1.29, 1.82) is 0 Å². The number of furan rings is 1. The minimum absolute atomic E-state index is 0.128. The summed E-state index contributed by atoms with van der Waals surface area (Å²) < 4.78 is 5.59. The van der Waals surface area contributed by atoms with Crippen LogP contribution >= 0.6 is 15.9 Å². The minimum Gasteiger partial charge on any atom is -0.480 e. The van der Waals surface area contributed by atoms with Crippen LogP contribution in [0.2, 0.25) is 0 Å². The molecule has 17 heavy (non-hydrogen) atoms. The molecule has 0 saturated carbocycles. The summed E-state index contributed by atoms with van der Waals surface area (Å²) in [4.78, 5) is 22.8. The first-order chi connectivity index (χ1) is 7.82. The Hall–Kier alpha value is -1.30. The maximum atomic E-state index is 11.8. The van der Waals surface area contributed by atoms with E-state index in [1.54, 1.807) is 26.8 Å². The van der Waals surface area contributed by atoms with Gasteiger partial charge in [0.2, 0.25) is 0 Å². The number of rotatable bonds is 4. The van der Waals surface area contributed by atoms with Gasteiger partial charge in [-0.25, -0.2) is 4.79 Å². The number of carbonyl (C=O) groups is 2. The molecule has 0 spiro atoms. The first-order valence-corrected chi connectivity index (χ1v) is 5.91. The van der Waals surface area contributed by atoms with Gasteiger partial charge in [-0.15, -0.1) is 0 Å². The molecule has 1 atom stereocenters. The monoisotopic (exact) mass is 303 g/mol. The summed E-state index contributed by atoms with van der Waals surface area (Å²) in [6.45, 7) is 5.17. The van der Waals surface area contributed by atoms with Crippen molar-refractivity contribution in [2.24, 2.45) is 5.92 Å². The highest BCUT2D eigenvalue weighted by atomic mass is 79.9. The Kier molecular flexibility index (Phi) is 4.34. The molecule has 1 aromatic rings. The van der Waals surface area contributed by atoms with Crippen LogP contribution in [0.3, 0.4) is 0 Å². The van der Waals surface area contributed by atoms with E-state index in [1.807, 2.05) is 0 Å². The highest BCUT2D eigenvalue weighted by Crippen LogP contribution is 2.19. The van der Waals surface area contributed by atoms with E-state index in [2.05, 4.69) is 21.2 Å². The predicted octanol–water partition coefficient (Wildman–Crippen LogP) is 2.19. The molecule has 2 N–H and O–H groups in total. The van der Waals surface area contributed by atoms with Gasteiger partial charge in [-0.1, -0.05) is 13.8 Å². The molecular weight excluding hydrogens is 290 g/mol. The molecule has 0 aliphatic heterocycles. The molecule has 5 nitrogen and oxygen atoms in total. The van der Waals surface area contributed by atoms with Gasteiger partial charge in [0, 0.05) is 5.56 Å². The van der Waals surface area contributed by atoms with Crippen LogP contribution in [0.25, 0.3) is 0 Å². The number of nitrogens with one attached hydrogen (secondary N) is 1.